The van der Waals surface area contributed by atoms with Crippen molar-refractivity contribution in [2.45, 2.75) is 53.0 Å². The van der Waals surface area contributed by atoms with Gasteiger partial charge in [-0.25, -0.2) is 9.79 Å². The Morgan fingerprint density at radius 2 is 1.67 bits per heavy atom. The fourth-order valence-electron chi connectivity index (χ4n) is 5.62. The van der Waals surface area contributed by atoms with Crippen LogP contribution in [0.2, 0.25) is 0 Å². The van der Waals surface area contributed by atoms with E-state index in [2.05, 4.69) is 17.1 Å². The lowest BCUT2D eigenvalue weighted by molar-refractivity contribution is -0.105. The summed E-state index contributed by atoms with van der Waals surface area (Å²) in [4.78, 5) is 45.5. The Bertz CT molecular complexity index is 1650. The van der Waals surface area contributed by atoms with Gasteiger partial charge in [0.05, 0.1) is 13.2 Å². The molecule has 1 fully saturated rings. The van der Waals surface area contributed by atoms with Crippen LogP contribution in [0, 0.1) is 0 Å². The van der Waals surface area contributed by atoms with Gasteiger partial charge in [-0.15, -0.1) is 0 Å². The summed E-state index contributed by atoms with van der Waals surface area (Å²) in [6, 6.07) is 23.4. The maximum atomic E-state index is 12.8. The lowest BCUT2D eigenvalue weighted by Crippen LogP contribution is -2.40. The second-order valence-corrected chi connectivity index (χ2v) is 11.9. The van der Waals surface area contributed by atoms with Gasteiger partial charge in [0.1, 0.15) is 12.1 Å². The highest BCUT2D eigenvalue weighted by molar-refractivity contribution is 5.94. The average molecular weight is 651 g/mol. The Morgan fingerprint density at radius 1 is 1.00 bits per heavy atom. The first-order valence-electron chi connectivity index (χ1n) is 16.5. The molecule has 3 aromatic carbocycles. The van der Waals surface area contributed by atoms with Crippen LogP contribution in [0.3, 0.4) is 0 Å². The Kier molecular flexibility index (Phi) is 13.3. The second-order valence-electron chi connectivity index (χ2n) is 11.9. The zero-order valence-electron chi connectivity index (χ0n) is 28.4. The summed E-state index contributed by atoms with van der Waals surface area (Å²) in [5, 5.41) is 11.8. The molecule has 1 saturated heterocycles. The van der Waals surface area contributed by atoms with Crippen LogP contribution in [-0.4, -0.2) is 72.4 Å². The van der Waals surface area contributed by atoms with Crippen molar-refractivity contribution in [3.8, 4) is 11.1 Å². The van der Waals surface area contributed by atoms with Gasteiger partial charge in [0, 0.05) is 61.2 Å². The van der Waals surface area contributed by atoms with Gasteiger partial charge >= 0.3 is 6.09 Å². The summed E-state index contributed by atoms with van der Waals surface area (Å²) in [5.41, 5.74) is 7.30. The van der Waals surface area contributed by atoms with Crippen LogP contribution in [0.4, 0.5) is 4.79 Å². The highest BCUT2D eigenvalue weighted by Crippen LogP contribution is 2.29. The SMILES string of the molecule is C/C=C(/NC(=O)O)c1ccccc1-c1ccc(C/C(C=O)=C(\CCCC)N=C(C)N(C)Cc2ccc(C(=O)N3CCOCC3)cc2)cc1. The first-order valence-corrected chi connectivity index (χ1v) is 16.5. The minimum atomic E-state index is -1.11. The molecule has 48 heavy (non-hydrogen) atoms. The predicted octanol–water partition coefficient (Wildman–Crippen LogP) is 7.19. The molecule has 2 N–H and O–H groups in total. The number of carboxylic acid groups (broad SMARTS) is 1. The van der Waals surface area contributed by atoms with Crippen LogP contribution < -0.4 is 5.32 Å². The van der Waals surface area contributed by atoms with E-state index in [1.54, 1.807) is 13.0 Å². The number of nitrogens with zero attached hydrogens (tertiary/aromatic N) is 3. The lowest BCUT2D eigenvalue weighted by atomic mass is 9.95. The fourth-order valence-corrected chi connectivity index (χ4v) is 5.62. The van der Waals surface area contributed by atoms with E-state index in [4.69, 9.17) is 9.73 Å². The third kappa shape index (κ3) is 9.75. The molecule has 2 amide bonds. The number of rotatable bonds is 13. The maximum Gasteiger partial charge on any atom is 0.409 e. The van der Waals surface area contributed by atoms with Crippen molar-refractivity contribution in [1.82, 2.24) is 15.1 Å². The van der Waals surface area contributed by atoms with Crippen molar-refractivity contribution in [3.05, 3.63) is 112 Å². The highest BCUT2D eigenvalue weighted by Gasteiger charge is 2.19. The molecule has 0 aromatic heterocycles. The van der Waals surface area contributed by atoms with Gasteiger partial charge in [0.15, 0.2) is 0 Å². The Hall–Kier alpha value is -5.02. The number of hydrogen-bond acceptors (Lipinski definition) is 5. The summed E-state index contributed by atoms with van der Waals surface area (Å²) in [6.45, 7) is 8.85. The number of amides is 2. The zero-order valence-corrected chi connectivity index (χ0v) is 28.4. The van der Waals surface area contributed by atoms with Crippen LogP contribution >= 0.6 is 0 Å². The Balaban J connectivity index is 1.50. The van der Waals surface area contributed by atoms with E-state index in [9.17, 15) is 19.5 Å². The molecule has 3 aromatic rings. The van der Waals surface area contributed by atoms with Crippen molar-refractivity contribution in [2.75, 3.05) is 33.4 Å². The molecular weight excluding hydrogens is 604 g/mol. The number of allylic oxidation sites excluding steroid dienone is 3. The normalized spacial score (nSPS) is 14.3. The Morgan fingerprint density at radius 3 is 2.29 bits per heavy atom. The number of hydrogen-bond donors (Lipinski definition) is 2. The summed E-state index contributed by atoms with van der Waals surface area (Å²) in [5.74, 6) is 0.828. The number of carbonyl (C=O) groups is 3. The highest BCUT2D eigenvalue weighted by atomic mass is 16.5. The Labute approximate surface area is 283 Å². The largest absolute Gasteiger partial charge is 0.465 e. The topological polar surface area (TPSA) is 112 Å². The van der Waals surface area contributed by atoms with Gasteiger partial charge in [-0.05, 0) is 61.1 Å². The molecule has 1 aliphatic heterocycles. The third-order valence-electron chi connectivity index (χ3n) is 8.46. The number of unbranched alkanes of at least 4 members (excludes halogenated alkanes) is 1. The number of carbonyl (C=O) groups excluding carboxylic acids is 2. The van der Waals surface area contributed by atoms with Gasteiger partial charge in [0.25, 0.3) is 5.91 Å². The molecule has 0 saturated carbocycles. The van der Waals surface area contributed by atoms with E-state index in [0.717, 1.165) is 58.5 Å². The van der Waals surface area contributed by atoms with E-state index >= 15 is 0 Å². The number of nitrogens with one attached hydrogen (secondary N) is 1. The molecule has 0 unspecified atom stereocenters. The molecule has 1 heterocycles. The first kappa shape index (κ1) is 35.8. The molecule has 0 aliphatic carbocycles. The van der Waals surface area contributed by atoms with E-state index in [1.165, 1.54) is 0 Å². The summed E-state index contributed by atoms with van der Waals surface area (Å²) < 4.78 is 5.36. The lowest BCUT2D eigenvalue weighted by Gasteiger charge is -2.27. The second kappa shape index (κ2) is 17.8. The first-order chi connectivity index (χ1) is 23.2. The van der Waals surface area contributed by atoms with Gasteiger partial charge in [-0.3, -0.25) is 14.9 Å². The summed E-state index contributed by atoms with van der Waals surface area (Å²) >= 11 is 0. The predicted molar refractivity (Wildman–Crippen MR) is 191 cm³/mol. The van der Waals surface area contributed by atoms with E-state index in [0.29, 0.717) is 62.5 Å². The molecular formula is C39H46N4O5. The molecule has 1 aliphatic rings. The quantitative estimate of drug-likeness (QED) is 0.0877. The maximum absolute atomic E-state index is 12.8. The van der Waals surface area contributed by atoms with E-state index in [-0.39, 0.29) is 5.91 Å². The monoisotopic (exact) mass is 650 g/mol. The number of aliphatic imine (C=N–C) groups is 1. The van der Waals surface area contributed by atoms with Crippen molar-refractivity contribution in [3.63, 3.8) is 0 Å². The smallest absolute Gasteiger partial charge is 0.409 e. The molecule has 252 valence electrons. The number of morpholine rings is 1. The third-order valence-corrected chi connectivity index (χ3v) is 8.46. The number of benzene rings is 3. The number of aldehydes is 1. The average Bonchev–Trinajstić information content (AvgIpc) is 3.12. The molecule has 0 bridgehead atoms. The van der Waals surface area contributed by atoms with Crippen molar-refractivity contribution < 1.29 is 24.2 Å². The minimum absolute atomic E-state index is 0.0262. The van der Waals surface area contributed by atoms with Crippen molar-refractivity contribution >= 4 is 29.8 Å². The van der Waals surface area contributed by atoms with Crippen LogP contribution in [0.15, 0.2) is 95.1 Å². The molecule has 4 rings (SSSR count). The van der Waals surface area contributed by atoms with Crippen molar-refractivity contribution in [1.29, 1.82) is 0 Å². The van der Waals surface area contributed by atoms with Crippen LogP contribution in [0.5, 0.6) is 0 Å². The number of amidine groups is 1. The number of ether oxygens (including phenoxy) is 1. The molecule has 9 nitrogen and oxygen atoms in total. The van der Waals surface area contributed by atoms with Crippen LogP contribution in [0.1, 0.15) is 67.1 Å². The standard InChI is InChI=1S/C39H46N4O5/c1-5-7-12-37(40-28(3)42(4)26-30-15-19-32(20-16-30)38(45)43-21-23-48-24-22-43)33(27-44)25-29-13-17-31(18-14-29)34-10-8-9-11-35(34)36(6-2)41-39(46)47/h6,8-11,13-20,27,41H,5,7,12,21-26H2,1-4H3,(H,46,47)/b36-6+,37-33-,40-28?. The van der Waals surface area contributed by atoms with Gasteiger partial charge in [-0.1, -0.05) is 80.1 Å². The van der Waals surface area contributed by atoms with E-state index < -0.39 is 6.09 Å². The fraction of sp³-hybridized carbons (Fsp3) is 0.333. The van der Waals surface area contributed by atoms with Crippen LogP contribution in [-0.2, 0) is 22.5 Å². The molecule has 0 atom stereocenters. The minimum Gasteiger partial charge on any atom is -0.465 e. The van der Waals surface area contributed by atoms with Gasteiger partial charge in [0.2, 0.25) is 0 Å². The molecule has 9 heteroatoms. The zero-order chi connectivity index (χ0) is 34.5. The summed E-state index contributed by atoms with van der Waals surface area (Å²) in [6.07, 6.45) is 4.59. The van der Waals surface area contributed by atoms with Gasteiger partial charge < -0.3 is 19.6 Å². The molecule has 0 spiro atoms. The summed E-state index contributed by atoms with van der Waals surface area (Å²) in [7, 11) is 1.98. The van der Waals surface area contributed by atoms with Gasteiger partial charge in [-0.2, -0.15) is 0 Å². The van der Waals surface area contributed by atoms with Crippen LogP contribution in [0.25, 0.3) is 16.8 Å². The van der Waals surface area contributed by atoms with E-state index in [1.807, 2.05) is 91.7 Å². The molecule has 0 radical (unpaired) electrons. The van der Waals surface area contributed by atoms with Crippen molar-refractivity contribution in [2.24, 2.45) is 4.99 Å².